The number of ether oxygens (including phenoxy) is 1. The van der Waals surface area contributed by atoms with E-state index in [0.29, 0.717) is 16.6 Å². The highest BCUT2D eigenvalue weighted by atomic mass is 79.9. The van der Waals surface area contributed by atoms with E-state index in [0.717, 1.165) is 0 Å². The Kier molecular flexibility index (Phi) is 4.19. The van der Waals surface area contributed by atoms with E-state index in [2.05, 4.69) is 27.8 Å². The Morgan fingerprint density at radius 1 is 1.60 bits per heavy atom. The van der Waals surface area contributed by atoms with Crippen LogP contribution in [0.25, 0.3) is 0 Å². The van der Waals surface area contributed by atoms with E-state index in [-0.39, 0.29) is 5.56 Å². The first-order valence-corrected chi connectivity index (χ1v) is 5.27. The molecule has 0 bridgehead atoms. The molecule has 0 radical (unpaired) electrons. The van der Waals surface area contributed by atoms with E-state index >= 15 is 0 Å². The molecule has 0 aliphatic heterocycles. The summed E-state index contributed by atoms with van der Waals surface area (Å²) in [5, 5.41) is 9.41. The van der Waals surface area contributed by atoms with E-state index < -0.39 is 5.97 Å². The maximum absolute atomic E-state index is 10.9. The van der Waals surface area contributed by atoms with Gasteiger partial charge in [-0.1, -0.05) is 27.8 Å². The summed E-state index contributed by atoms with van der Waals surface area (Å²) in [6.45, 7) is 0. The van der Waals surface area contributed by atoms with Crippen molar-refractivity contribution < 1.29 is 14.6 Å². The van der Waals surface area contributed by atoms with Crippen LogP contribution in [0.15, 0.2) is 18.2 Å². The average Bonchev–Trinajstić information content (AvgIpc) is 2.25. The van der Waals surface area contributed by atoms with Gasteiger partial charge in [0, 0.05) is 5.56 Å². The van der Waals surface area contributed by atoms with Gasteiger partial charge in [0.05, 0.1) is 18.0 Å². The summed E-state index contributed by atoms with van der Waals surface area (Å²) in [4.78, 5) is 10.9. The average molecular weight is 269 g/mol. The number of rotatable bonds is 2. The smallest absolute Gasteiger partial charge is 0.336 e. The van der Waals surface area contributed by atoms with Crippen molar-refractivity contribution in [2.45, 2.75) is 0 Å². The van der Waals surface area contributed by atoms with E-state index in [1.165, 1.54) is 13.2 Å². The normalized spacial score (nSPS) is 8.93. The fourth-order valence-electron chi connectivity index (χ4n) is 1.07. The van der Waals surface area contributed by atoms with Gasteiger partial charge in [0.25, 0.3) is 0 Å². The van der Waals surface area contributed by atoms with Crippen LogP contribution < -0.4 is 4.74 Å². The Balaban J connectivity index is 3.22. The van der Waals surface area contributed by atoms with Crippen molar-refractivity contribution in [1.82, 2.24) is 0 Å². The largest absolute Gasteiger partial charge is 0.497 e. The van der Waals surface area contributed by atoms with Crippen LogP contribution in [-0.2, 0) is 0 Å². The zero-order valence-corrected chi connectivity index (χ0v) is 9.67. The van der Waals surface area contributed by atoms with E-state index in [1.807, 2.05) is 0 Å². The van der Waals surface area contributed by atoms with Crippen molar-refractivity contribution in [3.63, 3.8) is 0 Å². The van der Waals surface area contributed by atoms with Crippen LogP contribution in [0.1, 0.15) is 15.9 Å². The summed E-state index contributed by atoms with van der Waals surface area (Å²) < 4.78 is 5.00. The monoisotopic (exact) mass is 268 g/mol. The van der Waals surface area contributed by atoms with Crippen molar-refractivity contribution in [3.8, 4) is 17.6 Å². The van der Waals surface area contributed by atoms with Gasteiger partial charge in [0.2, 0.25) is 0 Å². The predicted octanol–water partition coefficient (Wildman–Crippen LogP) is 2.14. The third-order valence-corrected chi connectivity index (χ3v) is 2.03. The number of carboxylic acids is 1. The first-order valence-electron chi connectivity index (χ1n) is 4.15. The summed E-state index contributed by atoms with van der Waals surface area (Å²) in [6.07, 6.45) is 0. The molecule has 1 rings (SSSR count). The van der Waals surface area contributed by atoms with Crippen LogP contribution in [0.2, 0.25) is 0 Å². The van der Waals surface area contributed by atoms with Crippen molar-refractivity contribution in [1.29, 1.82) is 0 Å². The van der Waals surface area contributed by atoms with Crippen LogP contribution in [0.5, 0.6) is 5.75 Å². The molecular weight excluding hydrogens is 260 g/mol. The molecule has 0 fully saturated rings. The number of hydrogen-bond donors (Lipinski definition) is 1. The molecule has 78 valence electrons. The summed E-state index contributed by atoms with van der Waals surface area (Å²) in [7, 11) is 1.53. The highest BCUT2D eigenvalue weighted by Crippen LogP contribution is 2.16. The first kappa shape index (κ1) is 11.6. The summed E-state index contributed by atoms with van der Waals surface area (Å²) >= 11 is 3.15. The molecule has 0 aromatic heterocycles. The molecule has 0 atom stereocenters. The van der Waals surface area contributed by atoms with Crippen LogP contribution >= 0.6 is 15.9 Å². The number of halogens is 1. The van der Waals surface area contributed by atoms with E-state index in [9.17, 15) is 4.79 Å². The van der Waals surface area contributed by atoms with Gasteiger partial charge in [-0.2, -0.15) is 0 Å². The number of hydrogen-bond acceptors (Lipinski definition) is 2. The SMILES string of the molecule is COc1ccc(C(=O)O)c(C#CCBr)c1. The number of methoxy groups -OCH3 is 1. The number of carboxylic acid groups (broad SMARTS) is 1. The number of benzene rings is 1. The Labute approximate surface area is 96.2 Å². The van der Waals surface area contributed by atoms with Gasteiger partial charge in [0.1, 0.15) is 5.75 Å². The highest BCUT2D eigenvalue weighted by Gasteiger charge is 2.08. The molecule has 0 aliphatic carbocycles. The Hall–Kier alpha value is -1.47. The fraction of sp³-hybridized carbons (Fsp3) is 0.182. The van der Waals surface area contributed by atoms with Gasteiger partial charge in [-0.3, -0.25) is 0 Å². The van der Waals surface area contributed by atoms with Gasteiger partial charge in [-0.05, 0) is 18.2 Å². The predicted molar refractivity (Wildman–Crippen MR) is 60.6 cm³/mol. The zero-order chi connectivity index (χ0) is 11.3. The molecule has 0 unspecified atom stereocenters. The minimum Gasteiger partial charge on any atom is -0.497 e. The molecule has 0 spiro atoms. The van der Waals surface area contributed by atoms with Crippen molar-refractivity contribution in [2.24, 2.45) is 0 Å². The topological polar surface area (TPSA) is 46.5 Å². The van der Waals surface area contributed by atoms with E-state index in [1.54, 1.807) is 12.1 Å². The molecule has 0 aliphatic rings. The van der Waals surface area contributed by atoms with Crippen LogP contribution in [0.4, 0.5) is 0 Å². The van der Waals surface area contributed by atoms with Gasteiger partial charge in [-0.25, -0.2) is 4.79 Å². The van der Waals surface area contributed by atoms with Crippen LogP contribution in [0.3, 0.4) is 0 Å². The maximum Gasteiger partial charge on any atom is 0.336 e. The summed E-state index contributed by atoms with van der Waals surface area (Å²) in [5.41, 5.74) is 0.644. The number of carbonyl (C=O) groups is 1. The third kappa shape index (κ3) is 3.00. The molecule has 0 amide bonds. The van der Waals surface area contributed by atoms with Crippen molar-refractivity contribution >= 4 is 21.9 Å². The number of alkyl halides is 1. The summed E-state index contributed by atoms with van der Waals surface area (Å²) in [5.74, 6) is 5.13. The highest BCUT2D eigenvalue weighted by molar-refractivity contribution is 9.09. The molecule has 0 saturated heterocycles. The summed E-state index contributed by atoms with van der Waals surface area (Å²) in [6, 6.07) is 4.70. The number of aromatic carboxylic acids is 1. The molecule has 15 heavy (non-hydrogen) atoms. The lowest BCUT2D eigenvalue weighted by Gasteiger charge is -2.02. The second-order valence-electron chi connectivity index (χ2n) is 2.65. The van der Waals surface area contributed by atoms with Crippen molar-refractivity contribution in [2.75, 3.05) is 12.4 Å². The molecule has 1 N–H and O–H groups in total. The molecule has 0 heterocycles. The minimum absolute atomic E-state index is 0.184. The minimum atomic E-state index is -0.989. The Morgan fingerprint density at radius 3 is 2.87 bits per heavy atom. The van der Waals surface area contributed by atoms with Crippen LogP contribution in [-0.4, -0.2) is 23.5 Å². The lowest BCUT2D eigenvalue weighted by atomic mass is 10.1. The fourth-order valence-corrected chi connectivity index (χ4v) is 1.21. The standard InChI is InChI=1S/C11H9BrO3/c1-15-9-4-5-10(11(13)14)8(7-9)3-2-6-12/h4-5,7H,6H2,1H3,(H,13,14). The molecule has 1 aromatic carbocycles. The van der Waals surface area contributed by atoms with E-state index in [4.69, 9.17) is 9.84 Å². The molecule has 3 nitrogen and oxygen atoms in total. The zero-order valence-electron chi connectivity index (χ0n) is 8.08. The van der Waals surface area contributed by atoms with Gasteiger partial charge >= 0.3 is 5.97 Å². The van der Waals surface area contributed by atoms with Gasteiger partial charge in [-0.15, -0.1) is 0 Å². The van der Waals surface area contributed by atoms with Crippen LogP contribution in [0, 0.1) is 11.8 Å². The molecule has 0 saturated carbocycles. The van der Waals surface area contributed by atoms with Crippen molar-refractivity contribution in [3.05, 3.63) is 29.3 Å². The Morgan fingerprint density at radius 2 is 2.33 bits per heavy atom. The third-order valence-electron chi connectivity index (χ3n) is 1.75. The molecular formula is C11H9BrO3. The lowest BCUT2D eigenvalue weighted by Crippen LogP contribution is -2.00. The van der Waals surface area contributed by atoms with Gasteiger partial charge in [0.15, 0.2) is 0 Å². The second kappa shape index (κ2) is 5.42. The second-order valence-corrected chi connectivity index (χ2v) is 3.21. The Bertz CT molecular complexity index is 429. The quantitative estimate of drug-likeness (QED) is 0.661. The van der Waals surface area contributed by atoms with Gasteiger partial charge < -0.3 is 9.84 Å². The lowest BCUT2D eigenvalue weighted by molar-refractivity contribution is 0.0696. The first-order chi connectivity index (χ1) is 7.19. The molecule has 1 aromatic rings. The maximum atomic E-state index is 10.9. The molecule has 4 heteroatoms.